The number of benzene rings is 4. The van der Waals surface area contributed by atoms with Crippen molar-refractivity contribution < 1.29 is 44.2 Å². The minimum atomic E-state index is 0. The van der Waals surface area contributed by atoms with Crippen LogP contribution in [-0.4, -0.2) is 14.3 Å². The van der Waals surface area contributed by atoms with Crippen LogP contribution in [0.5, 0.6) is 0 Å². The van der Waals surface area contributed by atoms with E-state index in [1.807, 2.05) is 13.0 Å². The number of anilines is 5. The van der Waals surface area contributed by atoms with E-state index in [0.29, 0.717) is 38.5 Å². The summed E-state index contributed by atoms with van der Waals surface area (Å²) in [5.74, 6) is 1.24. The van der Waals surface area contributed by atoms with E-state index in [0.717, 1.165) is 81.5 Å². The molecule has 7 rings (SSSR count). The average Bonchev–Trinajstić information content (AvgIpc) is 3.88. The Morgan fingerprint density at radius 3 is 2.22 bits per heavy atom. The van der Waals surface area contributed by atoms with Gasteiger partial charge in [0.1, 0.15) is 28.8 Å². The van der Waals surface area contributed by atoms with Crippen molar-refractivity contribution in [3.05, 3.63) is 122 Å². The second kappa shape index (κ2) is 21.0. The monoisotopic (exact) mass is 904 g/mol. The van der Waals surface area contributed by atoms with Gasteiger partial charge in [-0.3, -0.25) is 9.94 Å². The van der Waals surface area contributed by atoms with Gasteiger partial charge in [-0.2, -0.15) is 14.0 Å². The summed E-state index contributed by atoms with van der Waals surface area (Å²) < 4.78 is 10.2. The Morgan fingerprint density at radius 1 is 0.825 bits per heavy atom. The quantitative estimate of drug-likeness (QED) is 0.0347. The Balaban J connectivity index is 0.00000661. The van der Waals surface area contributed by atoms with Gasteiger partial charge in [-0.1, -0.05) is 69.4 Å². The number of fused-ring (bicyclic) bond motifs is 1. The molecular weight excluding hydrogens is 856 g/mol. The number of nitriles is 1. The van der Waals surface area contributed by atoms with Crippen LogP contribution >= 0.6 is 34.9 Å². The van der Waals surface area contributed by atoms with Crippen LogP contribution in [0, 0.1) is 52.9 Å². The van der Waals surface area contributed by atoms with E-state index in [-0.39, 0.29) is 35.1 Å². The fourth-order valence-electron chi connectivity index (χ4n) is 7.98. The minimum Gasteiger partial charge on any atom is -0.691 e. The summed E-state index contributed by atoms with van der Waals surface area (Å²) in [4.78, 5) is 13.6. The normalized spacial score (nSPS) is 11.3. The van der Waals surface area contributed by atoms with Gasteiger partial charge in [0.15, 0.2) is 16.0 Å². The molecule has 3 aromatic heterocycles. The summed E-state index contributed by atoms with van der Waals surface area (Å²) in [6.45, 7) is 21.6. The number of pyridine rings is 1. The van der Waals surface area contributed by atoms with Crippen molar-refractivity contribution in [1.29, 1.82) is 5.26 Å². The molecule has 318 valence electrons. The molecule has 0 bridgehead atoms. The number of nitrogens with one attached hydrogen (secondary N) is 1. The van der Waals surface area contributed by atoms with Crippen molar-refractivity contribution in [2.75, 3.05) is 10.2 Å². The second-order valence-electron chi connectivity index (χ2n) is 15.2. The topological polar surface area (TPSA) is 144 Å². The number of aryl methyl sites for hydroxylation is 6. The summed E-state index contributed by atoms with van der Waals surface area (Å²) in [6.07, 6.45) is 3.30. The molecule has 0 aliphatic rings. The van der Waals surface area contributed by atoms with Gasteiger partial charge >= 0.3 is 29.6 Å². The molecule has 0 radical (unpaired) electrons. The van der Waals surface area contributed by atoms with Crippen molar-refractivity contribution >= 4 is 84.0 Å². The Kier molecular flexibility index (Phi) is 16.0. The maximum atomic E-state index is 10.5. The van der Waals surface area contributed by atoms with Gasteiger partial charge < -0.3 is 10.6 Å². The molecule has 1 N–H and O–H groups in total. The van der Waals surface area contributed by atoms with Gasteiger partial charge in [0.25, 0.3) is 0 Å². The number of hydrogen-bond donors (Lipinski definition) is 1. The number of thiazole rings is 1. The smallest absolute Gasteiger partial charge is 0.691 e. The Bertz CT molecular complexity index is 2890. The summed E-state index contributed by atoms with van der Waals surface area (Å²) >= 11 is 3.51. The first-order chi connectivity index (χ1) is 29.9. The minimum absolute atomic E-state index is 0. The first-order valence-corrected chi connectivity index (χ1v) is 23.0. The number of aromatic nitrogens is 3. The molecule has 4 aromatic carbocycles. The molecule has 0 fully saturated rings. The fourth-order valence-corrected chi connectivity index (χ4v) is 10.2. The van der Waals surface area contributed by atoms with Crippen molar-refractivity contribution in [1.82, 2.24) is 14.3 Å². The van der Waals surface area contributed by atoms with Crippen LogP contribution in [0.2, 0.25) is 0 Å². The molecule has 63 heavy (non-hydrogen) atoms. The van der Waals surface area contributed by atoms with Crippen molar-refractivity contribution in [3.8, 4) is 17.3 Å². The summed E-state index contributed by atoms with van der Waals surface area (Å²) in [7, 11) is 0. The molecular formula is C48H49N8NaO3S3. The molecule has 3 heterocycles. The predicted molar refractivity (Wildman–Crippen MR) is 252 cm³/mol. The van der Waals surface area contributed by atoms with Crippen LogP contribution < -0.4 is 45.0 Å². The van der Waals surface area contributed by atoms with Crippen molar-refractivity contribution in [2.24, 2.45) is 10.2 Å². The Labute approximate surface area is 404 Å². The number of hydrogen-bond acceptors (Lipinski definition) is 14. The standard InChI is InChI=1S/C48H50N8O3S3.Na/c1-11-32-21-27(6)30(9)36(13-3)43(32)52-46-42(53-54-47-38(25-49)44(55-61-47)34-16-15-17-35(24-34)62-59-58-57)29(8)23-41(51-46)56(48-50-39-19-18-26(5)20-40(39)60-48)45-33(12-2)22-28(7)31(10)37(45)14-4;/h15-24,57H,11-14H2,1-10H3,(H,51,52);/q;+1/p-1. The molecule has 7 aromatic rings. The SMILES string of the molecule is CCc1cc(C)c(C)c(CC)c1Nc1nc(N(c2nc3ccc(C)cc3s2)c2c(CC)cc(C)c(C)c2CC)cc(C)c1N=Nc1snc(-c2cccc(SOO[O-])c2)c1C#N.[Na+]. The molecule has 0 aliphatic heterocycles. The third kappa shape index (κ3) is 9.78. The molecule has 0 saturated carbocycles. The first-order valence-electron chi connectivity index (χ1n) is 20.7. The summed E-state index contributed by atoms with van der Waals surface area (Å²) in [5, 5.41) is 39.0. The van der Waals surface area contributed by atoms with E-state index >= 15 is 0 Å². The van der Waals surface area contributed by atoms with Crippen molar-refractivity contribution in [2.45, 2.75) is 99.8 Å². The summed E-state index contributed by atoms with van der Waals surface area (Å²) in [5.41, 5.74) is 16.8. The van der Waals surface area contributed by atoms with Crippen molar-refractivity contribution in [3.63, 3.8) is 0 Å². The van der Waals surface area contributed by atoms with Crippen LogP contribution in [0.15, 0.2) is 75.8 Å². The maximum Gasteiger partial charge on any atom is 1.00 e. The fraction of sp³-hybridized carbons (Fsp3) is 0.292. The number of rotatable bonds is 15. The van der Waals surface area contributed by atoms with Crippen LogP contribution in [-0.2, 0) is 35.1 Å². The van der Waals surface area contributed by atoms with E-state index < -0.39 is 0 Å². The predicted octanol–water partition coefficient (Wildman–Crippen LogP) is 10.6. The van der Waals surface area contributed by atoms with Gasteiger partial charge in [-0.05, 0) is 165 Å². The Hall–Kier alpha value is -4.53. The van der Waals surface area contributed by atoms with Crippen LogP contribution in [0.3, 0.4) is 0 Å². The van der Waals surface area contributed by atoms with E-state index in [4.69, 9.17) is 20.2 Å². The molecule has 0 atom stereocenters. The van der Waals surface area contributed by atoms with Crippen LogP contribution in [0.25, 0.3) is 21.5 Å². The maximum absolute atomic E-state index is 10.5. The van der Waals surface area contributed by atoms with Crippen LogP contribution in [0.4, 0.5) is 38.8 Å². The van der Waals surface area contributed by atoms with E-state index in [1.165, 1.54) is 50.1 Å². The molecule has 0 spiro atoms. The van der Waals surface area contributed by atoms with Gasteiger partial charge in [0.05, 0.1) is 27.9 Å². The molecule has 15 heteroatoms. The summed E-state index contributed by atoms with van der Waals surface area (Å²) in [6, 6.07) is 22.4. The van der Waals surface area contributed by atoms with E-state index in [9.17, 15) is 10.5 Å². The van der Waals surface area contributed by atoms with Crippen LogP contribution in [0.1, 0.15) is 88.9 Å². The zero-order valence-corrected chi connectivity index (χ0v) is 42.1. The van der Waals surface area contributed by atoms with E-state index in [2.05, 4.69) is 129 Å². The average molecular weight is 905 g/mol. The molecule has 0 amide bonds. The third-order valence-electron chi connectivity index (χ3n) is 11.4. The molecule has 0 unspecified atom stereocenters. The van der Waals surface area contributed by atoms with E-state index in [1.54, 1.807) is 29.5 Å². The number of azo groups is 1. The largest absolute Gasteiger partial charge is 1.00 e. The van der Waals surface area contributed by atoms with Gasteiger partial charge in [-0.15, -0.1) is 10.2 Å². The second-order valence-corrected chi connectivity index (χ2v) is 17.8. The van der Waals surface area contributed by atoms with Gasteiger partial charge in [-0.25, -0.2) is 9.97 Å². The molecule has 11 nitrogen and oxygen atoms in total. The van der Waals surface area contributed by atoms with Gasteiger partial charge in [0.2, 0.25) is 0 Å². The zero-order valence-electron chi connectivity index (χ0n) is 37.7. The molecule has 0 aliphatic carbocycles. The van der Waals surface area contributed by atoms with Gasteiger partial charge in [0, 0.05) is 16.1 Å². The number of nitrogens with zero attached hydrogens (tertiary/aromatic N) is 7. The molecule has 0 saturated heterocycles. The third-order valence-corrected chi connectivity index (χ3v) is 13.7. The Morgan fingerprint density at radius 2 is 1.54 bits per heavy atom. The zero-order chi connectivity index (χ0) is 44.2. The first kappa shape index (κ1) is 47.9.